The summed E-state index contributed by atoms with van der Waals surface area (Å²) in [5.41, 5.74) is 3.22. The minimum Gasteiger partial charge on any atom is -0.482 e. The Hall–Kier alpha value is -1.96. The van der Waals surface area contributed by atoms with Gasteiger partial charge in [0.2, 0.25) is 0 Å². The summed E-state index contributed by atoms with van der Waals surface area (Å²) in [6, 6.07) is 23.7. The highest BCUT2D eigenvalue weighted by Crippen LogP contribution is 2.32. The van der Waals surface area contributed by atoms with Crippen molar-refractivity contribution in [1.29, 1.82) is 0 Å². The number of carboxylic acids is 1. The van der Waals surface area contributed by atoms with Crippen LogP contribution in [0.2, 0.25) is 5.02 Å². The van der Waals surface area contributed by atoms with Crippen molar-refractivity contribution < 1.29 is 14.6 Å². The van der Waals surface area contributed by atoms with Crippen LogP contribution in [-0.4, -0.2) is 23.4 Å². The van der Waals surface area contributed by atoms with Gasteiger partial charge in [0.1, 0.15) is 5.75 Å². The van der Waals surface area contributed by atoms with Gasteiger partial charge >= 0.3 is 5.97 Å². The standard InChI is InChI=1S/C23H18ClIO3S/c24-20-9-5-4-8-19(20)18(16-6-2-1-3-7-16)12-13-29-22-11-10-17(14-21(22)25)28-15-23(26)27/h1-12,14H,13,15H2,(H,26,27)/b18-12-. The molecular weight excluding hydrogens is 519 g/mol. The SMILES string of the molecule is O=C(O)COc1ccc(SC/C=C(/c2ccccc2)c2ccccc2Cl)c(I)c1. The topological polar surface area (TPSA) is 46.5 Å². The number of halogens is 2. The number of thioether (sulfide) groups is 1. The predicted molar refractivity (Wildman–Crippen MR) is 128 cm³/mol. The minimum atomic E-state index is -0.989. The van der Waals surface area contributed by atoms with Gasteiger partial charge in [-0.3, -0.25) is 0 Å². The number of carboxylic acid groups (broad SMARTS) is 1. The van der Waals surface area contributed by atoms with Crippen LogP contribution < -0.4 is 4.74 Å². The lowest BCUT2D eigenvalue weighted by atomic mass is 9.98. The van der Waals surface area contributed by atoms with Crippen LogP contribution in [0.1, 0.15) is 11.1 Å². The van der Waals surface area contributed by atoms with E-state index in [9.17, 15) is 4.79 Å². The van der Waals surface area contributed by atoms with E-state index in [1.807, 2.05) is 54.6 Å². The van der Waals surface area contributed by atoms with Crippen molar-refractivity contribution in [3.8, 4) is 5.75 Å². The molecule has 29 heavy (non-hydrogen) atoms. The summed E-state index contributed by atoms with van der Waals surface area (Å²) in [6.45, 7) is -0.344. The Morgan fingerprint density at radius 2 is 1.79 bits per heavy atom. The largest absolute Gasteiger partial charge is 0.482 e. The van der Waals surface area contributed by atoms with Gasteiger partial charge in [0.15, 0.2) is 6.61 Å². The molecular formula is C23H18ClIO3S. The van der Waals surface area contributed by atoms with Crippen molar-refractivity contribution >= 4 is 57.5 Å². The second kappa shape index (κ2) is 10.7. The summed E-state index contributed by atoms with van der Waals surface area (Å²) < 4.78 is 6.25. The van der Waals surface area contributed by atoms with E-state index >= 15 is 0 Å². The van der Waals surface area contributed by atoms with E-state index in [1.165, 1.54) is 0 Å². The van der Waals surface area contributed by atoms with Gasteiger partial charge in [-0.15, -0.1) is 11.8 Å². The fourth-order valence-corrected chi connectivity index (χ4v) is 4.71. The second-order valence-electron chi connectivity index (χ2n) is 6.05. The smallest absolute Gasteiger partial charge is 0.341 e. The third-order valence-corrected chi connectivity index (χ3v) is 6.63. The van der Waals surface area contributed by atoms with E-state index in [-0.39, 0.29) is 6.61 Å². The molecule has 6 heteroatoms. The third kappa shape index (κ3) is 6.26. The van der Waals surface area contributed by atoms with Crippen LogP contribution in [0, 0.1) is 3.57 Å². The van der Waals surface area contributed by atoms with E-state index in [0.29, 0.717) is 5.75 Å². The summed E-state index contributed by atoms with van der Waals surface area (Å²) in [7, 11) is 0. The number of rotatable bonds is 8. The van der Waals surface area contributed by atoms with Gasteiger partial charge in [0.05, 0.1) is 0 Å². The van der Waals surface area contributed by atoms with Crippen molar-refractivity contribution in [1.82, 2.24) is 0 Å². The van der Waals surface area contributed by atoms with Gasteiger partial charge in [0.25, 0.3) is 0 Å². The van der Waals surface area contributed by atoms with Crippen LogP contribution in [-0.2, 0) is 4.79 Å². The van der Waals surface area contributed by atoms with Crippen molar-refractivity contribution in [3.63, 3.8) is 0 Å². The Kier molecular flexibility index (Phi) is 8.03. The van der Waals surface area contributed by atoms with Crippen LogP contribution in [0.5, 0.6) is 5.75 Å². The molecule has 148 valence electrons. The van der Waals surface area contributed by atoms with Crippen LogP contribution in [0.15, 0.2) is 83.8 Å². The number of aliphatic carboxylic acids is 1. The molecule has 0 bridgehead atoms. The van der Waals surface area contributed by atoms with E-state index in [4.69, 9.17) is 21.4 Å². The molecule has 0 unspecified atom stereocenters. The molecule has 0 spiro atoms. The molecule has 0 aliphatic heterocycles. The van der Waals surface area contributed by atoms with Crippen molar-refractivity contribution in [2.45, 2.75) is 4.90 Å². The third-order valence-electron chi connectivity index (χ3n) is 4.04. The number of carbonyl (C=O) groups is 1. The lowest BCUT2D eigenvalue weighted by Crippen LogP contribution is -2.09. The maximum atomic E-state index is 10.6. The average Bonchev–Trinajstić information content (AvgIpc) is 2.72. The van der Waals surface area contributed by atoms with E-state index in [1.54, 1.807) is 17.8 Å². The Bertz CT molecular complexity index is 1020. The van der Waals surface area contributed by atoms with E-state index in [0.717, 1.165) is 35.9 Å². The second-order valence-corrected chi connectivity index (χ2v) is 8.68. The minimum absolute atomic E-state index is 0.344. The van der Waals surface area contributed by atoms with Crippen LogP contribution >= 0.6 is 46.0 Å². The number of hydrogen-bond acceptors (Lipinski definition) is 3. The highest BCUT2D eigenvalue weighted by atomic mass is 127. The normalized spacial score (nSPS) is 11.3. The van der Waals surface area contributed by atoms with Crippen molar-refractivity contribution in [2.75, 3.05) is 12.4 Å². The van der Waals surface area contributed by atoms with Crippen molar-refractivity contribution in [2.24, 2.45) is 0 Å². The van der Waals surface area contributed by atoms with E-state index in [2.05, 4.69) is 40.8 Å². The van der Waals surface area contributed by atoms with Gasteiger partial charge in [-0.2, -0.15) is 0 Å². The number of hydrogen-bond donors (Lipinski definition) is 1. The Balaban J connectivity index is 1.78. The number of ether oxygens (including phenoxy) is 1. The Morgan fingerprint density at radius 1 is 1.07 bits per heavy atom. The molecule has 0 aliphatic rings. The molecule has 0 fully saturated rings. The van der Waals surface area contributed by atoms with Crippen molar-refractivity contribution in [3.05, 3.63) is 98.6 Å². The molecule has 0 atom stereocenters. The first-order chi connectivity index (χ1) is 14.0. The lowest BCUT2D eigenvalue weighted by molar-refractivity contribution is -0.139. The van der Waals surface area contributed by atoms with E-state index < -0.39 is 5.97 Å². The summed E-state index contributed by atoms with van der Waals surface area (Å²) in [4.78, 5) is 11.7. The van der Waals surface area contributed by atoms with Gasteiger partial charge in [-0.25, -0.2) is 4.79 Å². The zero-order valence-electron chi connectivity index (χ0n) is 15.3. The highest BCUT2D eigenvalue weighted by molar-refractivity contribution is 14.1. The summed E-state index contributed by atoms with van der Waals surface area (Å²) in [6.07, 6.45) is 2.19. The molecule has 0 aliphatic carbocycles. The lowest BCUT2D eigenvalue weighted by Gasteiger charge is -2.11. The zero-order chi connectivity index (χ0) is 20.6. The monoisotopic (exact) mass is 536 g/mol. The summed E-state index contributed by atoms with van der Waals surface area (Å²) in [5.74, 6) is 0.329. The fourth-order valence-electron chi connectivity index (χ4n) is 2.73. The fraction of sp³-hybridized carbons (Fsp3) is 0.0870. The molecule has 1 N–H and O–H groups in total. The molecule has 3 aromatic rings. The quantitative estimate of drug-likeness (QED) is 0.259. The van der Waals surface area contributed by atoms with Crippen LogP contribution in [0.4, 0.5) is 0 Å². The number of benzene rings is 3. The maximum Gasteiger partial charge on any atom is 0.341 e. The first-order valence-electron chi connectivity index (χ1n) is 8.82. The predicted octanol–water partition coefficient (Wildman–Crippen LogP) is 6.63. The van der Waals surface area contributed by atoms with Gasteiger partial charge < -0.3 is 9.84 Å². The average molecular weight is 537 g/mol. The molecule has 0 heterocycles. The Labute approximate surface area is 192 Å². The zero-order valence-corrected chi connectivity index (χ0v) is 19.1. The molecule has 0 aromatic heterocycles. The van der Waals surface area contributed by atoms with Gasteiger partial charge in [-0.1, -0.05) is 66.2 Å². The van der Waals surface area contributed by atoms with Crippen LogP contribution in [0.25, 0.3) is 5.57 Å². The first kappa shape index (κ1) is 21.7. The first-order valence-corrected chi connectivity index (χ1v) is 11.3. The molecule has 3 nitrogen and oxygen atoms in total. The molecule has 3 rings (SSSR count). The molecule has 0 radical (unpaired) electrons. The molecule has 3 aromatic carbocycles. The summed E-state index contributed by atoms with van der Waals surface area (Å²) >= 11 is 10.4. The van der Waals surface area contributed by atoms with Gasteiger partial charge in [-0.05, 0) is 58.0 Å². The van der Waals surface area contributed by atoms with Gasteiger partial charge in [0, 0.05) is 24.8 Å². The molecule has 0 amide bonds. The maximum absolute atomic E-state index is 10.6. The molecule has 0 saturated heterocycles. The highest BCUT2D eigenvalue weighted by Gasteiger charge is 2.09. The summed E-state index contributed by atoms with van der Waals surface area (Å²) in [5, 5.41) is 9.45. The van der Waals surface area contributed by atoms with Crippen LogP contribution in [0.3, 0.4) is 0 Å². The Morgan fingerprint density at radius 3 is 2.48 bits per heavy atom. The molecule has 0 saturated carbocycles.